The van der Waals surface area contributed by atoms with Crippen molar-refractivity contribution in [1.82, 2.24) is 24.8 Å². The zero-order chi connectivity index (χ0) is 28.1. The smallest absolute Gasteiger partial charge is 0.416 e. The van der Waals surface area contributed by atoms with Gasteiger partial charge in [-0.2, -0.15) is 13.2 Å². The molecule has 4 aromatic rings. The van der Waals surface area contributed by atoms with Gasteiger partial charge in [0, 0.05) is 42.9 Å². The summed E-state index contributed by atoms with van der Waals surface area (Å²) in [4.78, 5) is 31.2. The maximum atomic E-state index is 13.5. The highest BCUT2D eigenvalue weighted by Crippen LogP contribution is 2.35. The number of aromatic nitrogens is 4. The van der Waals surface area contributed by atoms with Crippen molar-refractivity contribution in [2.24, 2.45) is 0 Å². The second-order valence-corrected chi connectivity index (χ2v) is 10.3. The Kier molecular flexibility index (Phi) is 8.39. The Morgan fingerprint density at radius 1 is 1.07 bits per heavy atom. The van der Waals surface area contributed by atoms with E-state index in [0.29, 0.717) is 60.3 Å². The van der Waals surface area contributed by atoms with Crippen LogP contribution in [0, 0.1) is 0 Å². The summed E-state index contributed by atoms with van der Waals surface area (Å²) in [6.45, 7) is 1.20. The number of nitrogens with one attached hydrogen (secondary N) is 1. The maximum absolute atomic E-state index is 13.5. The lowest BCUT2D eigenvalue weighted by atomic mass is 9.96. The highest BCUT2D eigenvalue weighted by molar-refractivity contribution is 7.98. The van der Waals surface area contributed by atoms with Crippen LogP contribution in [0.3, 0.4) is 0 Å². The first-order valence-corrected chi connectivity index (χ1v) is 14.1. The number of piperidine rings is 1. The number of alkyl halides is 3. The van der Waals surface area contributed by atoms with E-state index in [1.165, 1.54) is 17.8 Å². The molecule has 2 aromatic carbocycles. The molecule has 0 aliphatic carbocycles. The number of thioether (sulfide) groups is 1. The Balaban J connectivity index is 1.34. The van der Waals surface area contributed by atoms with Gasteiger partial charge < -0.3 is 14.6 Å². The summed E-state index contributed by atoms with van der Waals surface area (Å²) in [7, 11) is 0. The molecule has 3 heterocycles. The van der Waals surface area contributed by atoms with Gasteiger partial charge in [-0.25, -0.2) is 19.7 Å². The number of hydrogen-bond acceptors (Lipinski definition) is 6. The summed E-state index contributed by atoms with van der Waals surface area (Å²) in [5.41, 5.74) is 2.46. The topological polar surface area (TPSA) is 84.0 Å². The standard InChI is InChI=1S/C29H28F3N5O2S/c1-40-27-33-13-10-23(34-27)17-24-25(21-8-5-9-22(16-21)29(30,31)32)36-26(35-24)20-11-14-37(15-12-20)28(38)39-18-19-6-3-2-4-7-19/h2-10,13,16,20H,11-12,14-15,17-18H2,1H3,(H,35,36). The van der Waals surface area contributed by atoms with Crippen LogP contribution in [0.15, 0.2) is 72.0 Å². The minimum atomic E-state index is -4.46. The Labute approximate surface area is 234 Å². The van der Waals surface area contributed by atoms with Crippen LogP contribution in [0.5, 0.6) is 0 Å². The Bertz CT molecular complexity index is 1450. The first-order valence-electron chi connectivity index (χ1n) is 12.9. The monoisotopic (exact) mass is 567 g/mol. The molecule has 5 rings (SSSR count). The third-order valence-corrected chi connectivity index (χ3v) is 7.40. The number of amides is 1. The second-order valence-electron chi connectivity index (χ2n) is 9.54. The molecule has 208 valence electrons. The van der Waals surface area contributed by atoms with E-state index in [0.717, 1.165) is 23.4 Å². The zero-order valence-corrected chi connectivity index (χ0v) is 22.6. The molecule has 40 heavy (non-hydrogen) atoms. The van der Waals surface area contributed by atoms with Gasteiger partial charge in [0.15, 0.2) is 5.16 Å². The van der Waals surface area contributed by atoms with Crippen LogP contribution in [0.1, 0.15) is 47.1 Å². The number of benzene rings is 2. The van der Waals surface area contributed by atoms with Gasteiger partial charge in [-0.1, -0.05) is 54.2 Å². The molecule has 1 aliphatic heterocycles. The number of likely N-dealkylation sites (tertiary alicyclic amines) is 1. The number of nitrogens with zero attached hydrogens (tertiary/aromatic N) is 4. The SMILES string of the molecule is CSc1nccc(Cc2[nH]c(C3CCN(C(=O)OCc4ccccc4)CC3)nc2-c2cccc(C(F)(F)F)c2)n1. The van der Waals surface area contributed by atoms with E-state index >= 15 is 0 Å². The van der Waals surface area contributed by atoms with Crippen LogP contribution in [-0.4, -0.2) is 50.3 Å². The highest BCUT2D eigenvalue weighted by atomic mass is 32.2. The molecule has 0 bridgehead atoms. The van der Waals surface area contributed by atoms with E-state index in [4.69, 9.17) is 9.72 Å². The average molecular weight is 568 g/mol. The van der Waals surface area contributed by atoms with Crippen molar-refractivity contribution in [3.63, 3.8) is 0 Å². The zero-order valence-electron chi connectivity index (χ0n) is 21.8. The first-order chi connectivity index (χ1) is 19.3. The largest absolute Gasteiger partial charge is 0.445 e. The number of rotatable bonds is 7. The first kappa shape index (κ1) is 27.7. The van der Waals surface area contributed by atoms with Gasteiger partial charge in [-0.3, -0.25) is 0 Å². The Morgan fingerprint density at radius 2 is 1.85 bits per heavy atom. The molecule has 0 spiro atoms. The van der Waals surface area contributed by atoms with Crippen molar-refractivity contribution >= 4 is 17.9 Å². The molecule has 0 radical (unpaired) electrons. The molecule has 2 aromatic heterocycles. The fourth-order valence-corrected chi connectivity index (χ4v) is 5.11. The van der Waals surface area contributed by atoms with Crippen molar-refractivity contribution in [1.29, 1.82) is 0 Å². The van der Waals surface area contributed by atoms with Crippen molar-refractivity contribution in [2.45, 2.75) is 43.1 Å². The number of carbonyl (C=O) groups is 1. The Morgan fingerprint density at radius 3 is 2.58 bits per heavy atom. The van der Waals surface area contributed by atoms with Gasteiger partial charge in [0.25, 0.3) is 0 Å². The van der Waals surface area contributed by atoms with Crippen LogP contribution < -0.4 is 0 Å². The number of carbonyl (C=O) groups excluding carboxylic acids is 1. The highest BCUT2D eigenvalue weighted by Gasteiger charge is 2.32. The van der Waals surface area contributed by atoms with Crippen LogP contribution in [-0.2, 0) is 23.9 Å². The van der Waals surface area contributed by atoms with Crippen LogP contribution >= 0.6 is 11.8 Å². The normalized spacial score (nSPS) is 14.3. The lowest BCUT2D eigenvalue weighted by molar-refractivity contribution is -0.137. The third-order valence-electron chi connectivity index (χ3n) is 6.84. The molecule has 11 heteroatoms. The van der Waals surface area contributed by atoms with Crippen molar-refractivity contribution < 1.29 is 22.7 Å². The van der Waals surface area contributed by atoms with Gasteiger partial charge in [-0.15, -0.1) is 0 Å². The van der Waals surface area contributed by atoms with Crippen LogP contribution in [0.2, 0.25) is 0 Å². The fourth-order valence-electron chi connectivity index (χ4n) is 4.73. The van der Waals surface area contributed by atoms with Gasteiger partial charge in [-0.05, 0) is 42.9 Å². The summed E-state index contributed by atoms with van der Waals surface area (Å²) in [6, 6.07) is 16.5. The fraction of sp³-hybridized carbons (Fsp3) is 0.310. The summed E-state index contributed by atoms with van der Waals surface area (Å²) in [6.07, 6.45) is 0.392. The summed E-state index contributed by atoms with van der Waals surface area (Å²) < 4.78 is 45.9. The summed E-state index contributed by atoms with van der Waals surface area (Å²) >= 11 is 1.42. The minimum absolute atomic E-state index is 0.0172. The minimum Gasteiger partial charge on any atom is -0.445 e. The quantitative estimate of drug-likeness (QED) is 0.197. The predicted molar refractivity (Wildman–Crippen MR) is 146 cm³/mol. The van der Waals surface area contributed by atoms with Crippen LogP contribution in [0.25, 0.3) is 11.3 Å². The maximum Gasteiger partial charge on any atom is 0.416 e. The van der Waals surface area contributed by atoms with E-state index in [-0.39, 0.29) is 18.6 Å². The molecule has 0 atom stereocenters. The lowest BCUT2D eigenvalue weighted by Gasteiger charge is -2.30. The van der Waals surface area contributed by atoms with Gasteiger partial charge in [0.05, 0.1) is 17.0 Å². The molecule has 1 amide bonds. The number of ether oxygens (including phenoxy) is 1. The Hall–Kier alpha value is -3.86. The number of hydrogen-bond donors (Lipinski definition) is 1. The van der Waals surface area contributed by atoms with Crippen molar-refractivity contribution in [3.8, 4) is 11.3 Å². The summed E-state index contributed by atoms with van der Waals surface area (Å²) in [5.74, 6) is 0.711. The predicted octanol–water partition coefficient (Wildman–Crippen LogP) is 6.71. The molecule has 1 aliphatic rings. The molecule has 7 nitrogen and oxygen atoms in total. The van der Waals surface area contributed by atoms with Gasteiger partial charge in [0.2, 0.25) is 0 Å². The summed E-state index contributed by atoms with van der Waals surface area (Å²) in [5, 5.41) is 0.615. The third kappa shape index (κ3) is 6.64. The van der Waals surface area contributed by atoms with E-state index < -0.39 is 11.7 Å². The van der Waals surface area contributed by atoms with Gasteiger partial charge in [0.1, 0.15) is 12.4 Å². The molecule has 1 N–H and O–H groups in total. The molecular weight excluding hydrogens is 539 g/mol. The molecule has 0 unspecified atom stereocenters. The van der Waals surface area contributed by atoms with E-state index in [1.807, 2.05) is 36.6 Å². The second kappa shape index (κ2) is 12.1. The van der Waals surface area contributed by atoms with Crippen molar-refractivity contribution in [3.05, 3.63) is 95.2 Å². The van der Waals surface area contributed by atoms with Crippen molar-refractivity contribution in [2.75, 3.05) is 19.3 Å². The molecule has 1 fully saturated rings. The number of aromatic amines is 1. The molecular formula is C29H28F3N5O2S. The van der Waals surface area contributed by atoms with E-state index in [1.54, 1.807) is 23.2 Å². The lowest BCUT2D eigenvalue weighted by Crippen LogP contribution is -2.38. The number of H-pyrrole nitrogens is 1. The average Bonchev–Trinajstić information content (AvgIpc) is 3.40. The molecule has 1 saturated heterocycles. The molecule has 0 saturated carbocycles. The number of imidazole rings is 1. The van der Waals surface area contributed by atoms with E-state index in [9.17, 15) is 18.0 Å². The number of halogens is 3. The van der Waals surface area contributed by atoms with Crippen LogP contribution in [0.4, 0.5) is 18.0 Å². The van der Waals surface area contributed by atoms with Gasteiger partial charge >= 0.3 is 12.3 Å². The van der Waals surface area contributed by atoms with E-state index in [2.05, 4.69) is 15.0 Å².